The fraction of sp³-hybridized carbons (Fsp3) is 0.136. The SMILES string of the molecule is Cc1ccc(C(=O)CNc2nnc(SCc3cccc4ccccc34)s2)cc1F. The molecule has 3 aromatic carbocycles. The zero-order valence-electron chi connectivity index (χ0n) is 15.7. The molecule has 4 rings (SSSR count). The first kappa shape index (κ1) is 19.5. The van der Waals surface area contributed by atoms with Gasteiger partial charge in [0.2, 0.25) is 5.13 Å². The van der Waals surface area contributed by atoms with E-state index in [1.807, 2.05) is 12.1 Å². The van der Waals surface area contributed by atoms with Gasteiger partial charge in [-0.2, -0.15) is 0 Å². The van der Waals surface area contributed by atoms with E-state index in [9.17, 15) is 9.18 Å². The first-order chi connectivity index (χ1) is 14.1. The number of hydrogen-bond acceptors (Lipinski definition) is 6. The molecular weight excluding hydrogens is 405 g/mol. The van der Waals surface area contributed by atoms with E-state index in [1.165, 1.54) is 33.7 Å². The van der Waals surface area contributed by atoms with E-state index in [1.54, 1.807) is 30.8 Å². The van der Waals surface area contributed by atoms with Crippen molar-refractivity contribution in [3.05, 3.63) is 83.2 Å². The number of nitrogens with zero attached hydrogens (tertiary/aromatic N) is 2. The van der Waals surface area contributed by atoms with Gasteiger partial charge in [-0.1, -0.05) is 77.7 Å². The lowest BCUT2D eigenvalue weighted by molar-refractivity contribution is 0.101. The van der Waals surface area contributed by atoms with Gasteiger partial charge in [0.25, 0.3) is 0 Å². The Kier molecular flexibility index (Phi) is 5.87. The zero-order chi connectivity index (χ0) is 20.2. The molecule has 0 spiro atoms. The van der Waals surface area contributed by atoms with Crippen LogP contribution in [-0.2, 0) is 5.75 Å². The number of Topliss-reactive ketones (excluding diaryl/α,β-unsaturated/α-hetero) is 1. The minimum Gasteiger partial charge on any atom is -0.353 e. The van der Waals surface area contributed by atoms with Gasteiger partial charge in [-0.15, -0.1) is 10.2 Å². The average molecular weight is 424 g/mol. The average Bonchev–Trinajstić information content (AvgIpc) is 3.20. The van der Waals surface area contributed by atoms with Gasteiger partial charge in [0.1, 0.15) is 5.82 Å². The first-order valence-corrected chi connectivity index (χ1v) is 10.9. The van der Waals surface area contributed by atoms with Crippen LogP contribution in [0.4, 0.5) is 9.52 Å². The number of anilines is 1. The molecule has 0 fully saturated rings. The molecule has 0 saturated heterocycles. The van der Waals surface area contributed by atoms with Crippen molar-refractivity contribution in [2.75, 3.05) is 11.9 Å². The van der Waals surface area contributed by atoms with Crippen LogP contribution in [0.2, 0.25) is 0 Å². The number of aromatic nitrogens is 2. The summed E-state index contributed by atoms with van der Waals surface area (Å²) in [6.45, 7) is 1.71. The maximum Gasteiger partial charge on any atom is 0.206 e. The van der Waals surface area contributed by atoms with Crippen molar-refractivity contribution < 1.29 is 9.18 Å². The predicted octanol–water partition coefficient (Wildman–Crippen LogP) is 5.73. The molecule has 0 saturated carbocycles. The highest BCUT2D eigenvalue weighted by molar-refractivity contribution is 8.00. The summed E-state index contributed by atoms with van der Waals surface area (Å²) in [6, 6.07) is 19.1. The second-order valence-electron chi connectivity index (χ2n) is 6.54. The molecule has 4 aromatic rings. The molecule has 0 unspecified atom stereocenters. The molecule has 146 valence electrons. The fourth-order valence-corrected chi connectivity index (χ4v) is 4.67. The van der Waals surface area contributed by atoms with E-state index < -0.39 is 0 Å². The standard InChI is InChI=1S/C22H18FN3OS2/c1-14-9-10-16(11-19(14)23)20(27)12-24-21-25-26-22(29-21)28-13-17-7-4-6-15-5-2-3-8-18(15)17/h2-11H,12-13H2,1H3,(H,24,25). The minimum absolute atomic E-state index is 0.0467. The Morgan fingerprint density at radius 2 is 1.93 bits per heavy atom. The quantitative estimate of drug-likeness (QED) is 0.304. The van der Waals surface area contributed by atoms with Crippen LogP contribution in [0.5, 0.6) is 0 Å². The summed E-state index contributed by atoms with van der Waals surface area (Å²) in [4.78, 5) is 12.2. The van der Waals surface area contributed by atoms with Crippen LogP contribution in [0.3, 0.4) is 0 Å². The monoisotopic (exact) mass is 423 g/mol. The minimum atomic E-state index is -0.376. The third-order valence-corrected chi connectivity index (χ3v) is 6.59. The molecule has 1 aromatic heterocycles. The molecular formula is C22H18FN3OS2. The third kappa shape index (κ3) is 4.63. The van der Waals surface area contributed by atoms with Gasteiger partial charge in [0.15, 0.2) is 10.1 Å². The summed E-state index contributed by atoms with van der Waals surface area (Å²) >= 11 is 3.02. The Labute approximate surface area is 176 Å². The lowest BCUT2D eigenvalue weighted by atomic mass is 10.1. The highest BCUT2D eigenvalue weighted by Gasteiger charge is 2.11. The smallest absolute Gasteiger partial charge is 0.206 e. The lowest BCUT2D eigenvalue weighted by Crippen LogP contribution is -2.14. The number of thioether (sulfide) groups is 1. The van der Waals surface area contributed by atoms with Crippen molar-refractivity contribution in [1.82, 2.24) is 10.2 Å². The molecule has 0 atom stereocenters. The number of fused-ring (bicyclic) bond motifs is 1. The van der Waals surface area contributed by atoms with Crippen LogP contribution < -0.4 is 5.32 Å². The Morgan fingerprint density at radius 1 is 1.10 bits per heavy atom. The number of nitrogens with one attached hydrogen (secondary N) is 1. The number of carbonyl (C=O) groups is 1. The summed E-state index contributed by atoms with van der Waals surface area (Å²) in [5.41, 5.74) is 2.11. The van der Waals surface area contributed by atoms with Gasteiger partial charge < -0.3 is 5.32 Å². The molecule has 0 aliphatic rings. The van der Waals surface area contributed by atoms with Gasteiger partial charge in [-0.3, -0.25) is 4.79 Å². The highest BCUT2D eigenvalue weighted by Crippen LogP contribution is 2.30. The van der Waals surface area contributed by atoms with E-state index >= 15 is 0 Å². The van der Waals surface area contributed by atoms with Crippen LogP contribution in [0, 0.1) is 12.7 Å². The van der Waals surface area contributed by atoms with Gasteiger partial charge in [-0.25, -0.2) is 4.39 Å². The van der Waals surface area contributed by atoms with Crippen molar-refractivity contribution in [2.24, 2.45) is 0 Å². The second kappa shape index (κ2) is 8.71. The summed E-state index contributed by atoms with van der Waals surface area (Å²) in [7, 11) is 0. The summed E-state index contributed by atoms with van der Waals surface area (Å²) in [5, 5.41) is 14.3. The Balaban J connectivity index is 1.36. The van der Waals surface area contributed by atoms with Crippen LogP contribution in [0.25, 0.3) is 10.8 Å². The molecule has 0 bridgehead atoms. The van der Waals surface area contributed by atoms with E-state index in [2.05, 4.69) is 45.8 Å². The molecule has 0 radical (unpaired) electrons. The normalized spacial score (nSPS) is 11.0. The number of halogens is 1. The lowest BCUT2D eigenvalue weighted by Gasteiger charge is -2.04. The van der Waals surface area contributed by atoms with Crippen molar-refractivity contribution in [2.45, 2.75) is 17.0 Å². The first-order valence-electron chi connectivity index (χ1n) is 9.06. The van der Waals surface area contributed by atoms with Crippen molar-refractivity contribution >= 4 is 44.8 Å². The van der Waals surface area contributed by atoms with Crippen LogP contribution in [0.1, 0.15) is 21.5 Å². The Bertz CT molecular complexity index is 1170. The zero-order valence-corrected chi connectivity index (χ0v) is 17.3. The molecule has 0 aliphatic carbocycles. The topological polar surface area (TPSA) is 54.9 Å². The maximum atomic E-state index is 13.6. The number of rotatable bonds is 7. The second-order valence-corrected chi connectivity index (χ2v) is 8.74. The van der Waals surface area contributed by atoms with E-state index in [-0.39, 0.29) is 18.1 Å². The third-order valence-electron chi connectivity index (χ3n) is 4.53. The maximum absolute atomic E-state index is 13.6. The predicted molar refractivity (Wildman–Crippen MR) is 117 cm³/mol. The molecule has 7 heteroatoms. The molecule has 0 amide bonds. The van der Waals surface area contributed by atoms with Gasteiger partial charge >= 0.3 is 0 Å². The van der Waals surface area contributed by atoms with Gasteiger partial charge in [-0.05, 0) is 34.9 Å². The molecule has 29 heavy (non-hydrogen) atoms. The molecule has 0 aliphatic heterocycles. The van der Waals surface area contributed by atoms with Crippen molar-refractivity contribution in [3.63, 3.8) is 0 Å². The number of hydrogen-bond donors (Lipinski definition) is 1. The largest absolute Gasteiger partial charge is 0.353 e. The summed E-state index contributed by atoms with van der Waals surface area (Å²) < 4.78 is 14.5. The molecule has 1 heterocycles. The van der Waals surface area contributed by atoms with Crippen LogP contribution in [0.15, 0.2) is 65.0 Å². The highest BCUT2D eigenvalue weighted by atomic mass is 32.2. The number of benzene rings is 3. The number of aryl methyl sites for hydroxylation is 1. The van der Waals surface area contributed by atoms with Crippen LogP contribution >= 0.6 is 23.1 Å². The van der Waals surface area contributed by atoms with Gasteiger partial charge in [0.05, 0.1) is 6.54 Å². The van der Waals surface area contributed by atoms with Crippen molar-refractivity contribution in [3.8, 4) is 0 Å². The van der Waals surface area contributed by atoms with E-state index in [4.69, 9.17) is 0 Å². The van der Waals surface area contributed by atoms with Gasteiger partial charge in [0, 0.05) is 11.3 Å². The summed E-state index contributed by atoms with van der Waals surface area (Å²) in [6.07, 6.45) is 0. The molecule has 1 N–H and O–H groups in total. The van der Waals surface area contributed by atoms with Crippen LogP contribution in [-0.4, -0.2) is 22.5 Å². The van der Waals surface area contributed by atoms with E-state index in [0.29, 0.717) is 16.3 Å². The number of ketones is 1. The Morgan fingerprint density at radius 3 is 2.79 bits per heavy atom. The number of carbonyl (C=O) groups excluding carboxylic acids is 1. The Hall–Kier alpha value is -2.77. The van der Waals surface area contributed by atoms with E-state index in [0.717, 1.165) is 10.1 Å². The summed E-state index contributed by atoms with van der Waals surface area (Å²) in [5.74, 6) is 0.223. The fourth-order valence-electron chi connectivity index (χ4n) is 2.92. The molecule has 4 nitrogen and oxygen atoms in total. The van der Waals surface area contributed by atoms with Crippen molar-refractivity contribution in [1.29, 1.82) is 0 Å².